The third kappa shape index (κ3) is 3.06. The second-order valence-electron chi connectivity index (χ2n) is 6.07. The molecule has 4 rings (SSSR count). The Balaban J connectivity index is 1.72. The Labute approximate surface area is 158 Å². The van der Waals surface area contributed by atoms with Gasteiger partial charge < -0.3 is 14.8 Å². The van der Waals surface area contributed by atoms with E-state index >= 15 is 0 Å². The van der Waals surface area contributed by atoms with E-state index in [2.05, 4.69) is 20.4 Å². The fourth-order valence-electron chi connectivity index (χ4n) is 2.94. The van der Waals surface area contributed by atoms with Gasteiger partial charge in [0, 0.05) is 5.69 Å². The van der Waals surface area contributed by atoms with Crippen molar-refractivity contribution >= 4 is 34.2 Å². The minimum atomic E-state index is -0.584. The number of hydrogen-bond donors (Lipinski definition) is 2. The van der Waals surface area contributed by atoms with Crippen molar-refractivity contribution in [3.05, 3.63) is 64.4 Å². The zero-order valence-electron chi connectivity index (χ0n) is 14.4. The van der Waals surface area contributed by atoms with Crippen LogP contribution in [0.1, 0.15) is 21.9 Å². The standard InChI is InChI=1S/C19H14ClFN4O2/c1-9-16(18(25-27-9)17-12(20)4-3-5-13(17)21)19(26)24-11-6-7-14-15(8-11)23-10(2)22-14/h3-8H,1-2H3,(H,22,23)(H,24,26). The quantitative estimate of drug-likeness (QED) is 0.527. The molecule has 2 aromatic heterocycles. The first-order valence-electron chi connectivity index (χ1n) is 8.12. The molecule has 1 amide bonds. The maximum Gasteiger partial charge on any atom is 0.261 e. The molecular weight excluding hydrogens is 371 g/mol. The molecule has 27 heavy (non-hydrogen) atoms. The molecule has 8 heteroatoms. The summed E-state index contributed by atoms with van der Waals surface area (Å²) in [5, 5.41) is 6.78. The molecule has 0 atom stereocenters. The van der Waals surface area contributed by atoms with Gasteiger partial charge in [-0.25, -0.2) is 9.37 Å². The number of hydrogen-bond acceptors (Lipinski definition) is 4. The summed E-state index contributed by atoms with van der Waals surface area (Å²) in [5.41, 5.74) is 2.37. The summed E-state index contributed by atoms with van der Waals surface area (Å²) < 4.78 is 19.4. The van der Waals surface area contributed by atoms with Gasteiger partial charge in [0.15, 0.2) is 0 Å². The Morgan fingerprint density at radius 1 is 1.26 bits per heavy atom. The summed E-state index contributed by atoms with van der Waals surface area (Å²) in [6.07, 6.45) is 0. The molecule has 0 radical (unpaired) electrons. The topological polar surface area (TPSA) is 83.8 Å². The molecule has 2 aromatic carbocycles. The lowest BCUT2D eigenvalue weighted by Gasteiger charge is -2.07. The highest BCUT2D eigenvalue weighted by Crippen LogP contribution is 2.33. The zero-order valence-corrected chi connectivity index (χ0v) is 15.2. The summed E-state index contributed by atoms with van der Waals surface area (Å²) >= 11 is 6.11. The number of aryl methyl sites for hydroxylation is 2. The molecule has 0 spiro atoms. The van der Waals surface area contributed by atoms with Crippen LogP contribution in [0.2, 0.25) is 5.02 Å². The molecule has 0 bridgehead atoms. The highest BCUT2D eigenvalue weighted by atomic mass is 35.5. The molecule has 136 valence electrons. The van der Waals surface area contributed by atoms with Crippen LogP contribution in [0.5, 0.6) is 0 Å². The predicted molar refractivity (Wildman–Crippen MR) is 100 cm³/mol. The first-order chi connectivity index (χ1) is 12.9. The molecule has 0 aliphatic carbocycles. The average Bonchev–Trinajstić information content (AvgIpc) is 3.16. The number of halogens is 2. The Bertz CT molecular complexity index is 1160. The minimum Gasteiger partial charge on any atom is -0.360 e. The largest absolute Gasteiger partial charge is 0.360 e. The monoisotopic (exact) mass is 384 g/mol. The van der Waals surface area contributed by atoms with Gasteiger partial charge in [-0.3, -0.25) is 4.79 Å². The summed E-state index contributed by atoms with van der Waals surface area (Å²) in [6.45, 7) is 3.44. The van der Waals surface area contributed by atoms with Crippen LogP contribution in [0.15, 0.2) is 40.9 Å². The summed E-state index contributed by atoms with van der Waals surface area (Å²) in [6, 6.07) is 9.56. The third-order valence-electron chi connectivity index (χ3n) is 4.15. The van der Waals surface area contributed by atoms with Gasteiger partial charge in [-0.05, 0) is 44.2 Å². The van der Waals surface area contributed by atoms with Gasteiger partial charge in [0.25, 0.3) is 5.91 Å². The number of amides is 1. The Kier molecular flexibility index (Phi) is 4.16. The van der Waals surface area contributed by atoms with Crippen LogP contribution in [0.4, 0.5) is 10.1 Å². The van der Waals surface area contributed by atoms with Crippen LogP contribution in [0, 0.1) is 19.7 Å². The number of benzene rings is 2. The Morgan fingerprint density at radius 3 is 2.85 bits per heavy atom. The maximum atomic E-state index is 14.3. The zero-order chi connectivity index (χ0) is 19.1. The number of nitrogens with one attached hydrogen (secondary N) is 2. The number of anilines is 1. The van der Waals surface area contributed by atoms with Crippen molar-refractivity contribution in [3.8, 4) is 11.3 Å². The van der Waals surface area contributed by atoms with Gasteiger partial charge in [0.2, 0.25) is 0 Å². The summed E-state index contributed by atoms with van der Waals surface area (Å²) in [5.74, 6) is -0.0158. The molecule has 0 aliphatic rings. The molecule has 2 N–H and O–H groups in total. The lowest BCUT2D eigenvalue weighted by atomic mass is 10.0. The Morgan fingerprint density at radius 2 is 2.07 bits per heavy atom. The van der Waals surface area contributed by atoms with Gasteiger partial charge in [-0.1, -0.05) is 22.8 Å². The van der Waals surface area contributed by atoms with E-state index in [4.69, 9.17) is 16.1 Å². The van der Waals surface area contributed by atoms with E-state index in [9.17, 15) is 9.18 Å². The van der Waals surface area contributed by atoms with E-state index < -0.39 is 11.7 Å². The van der Waals surface area contributed by atoms with E-state index in [1.54, 1.807) is 25.1 Å². The number of rotatable bonds is 3. The molecule has 0 saturated heterocycles. The van der Waals surface area contributed by atoms with Gasteiger partial charge in [-0.15, -0.1) is 0 Å². The van der Waals surface area contributed by atoms with E-state index in [0.29, 0.717) is 5.69 Å². The fraction of sp³-hybridized carbons (Fsp3) is 0.105. The molecule has 2 heterocycles. The molecule has 4 aromatic rings. The van der Waals surface area contributed by atoms with Gasteiger partial charge in [0.1, 0.15) is 28.7 Å². The highest BCUT2D eigenvalue weighted by Gasteiger charge is 2.25. The van der Waals surface area contributed by atoms with Crippen LogP contribution < -0.4 is 5.32 Å². The minimum absolute atomic E-state index is 0.0285. The molecule has 6 nitrogen and oxygen atoms in total. The number of nitrogens with zero attached hydrogens (tertiary/aromatic N) is 2. The molecular formula is C19H14ClFN4O2. The number of fused-ring (bicyclic) bond motifs is 1. The van der Waals surface area contributed by atoms with Crippen molar-refractivity contribution in [2.24, 2.45) is 0 Å². The van der Waals surface area contributed by atoms with Crippen LogP contribution in [0.3, 0.4) is 0 Å². The van der Waals surface area contributed by atoms with Gasteiger partial charge in [0.05, 0.1) is 21.6 Å². The maximum absolute atomic E-state index is 14.3. The predicted octanol–water partition coefficient (Wildman–Crippen LogP) is 4.88. The van der Waals surface area contributed by atoms with Gasteiger partial charge in [-0.2, -0.15) is 0 Å². The van der Waals surface area contributed by atoms with E-state index in [-0.39, 0.29) is 27.6 Å². The first-order valence-corrected chi connectivity index (χ1v) is 8.50. The smallest absolute Gasteiger partial charge is 0.261 e. The lowest BCUT2D eigenvalue weighted by molar-refractivity contribution is 0.102. The lowest BCUT2D eigenvalue weighted by Crippen LogP contribution is -2.13. The SMILES string of the molecule is Cc1nc2ccc(NC(=O)c3c(-c4c(F)cccc4Cl)noc3C)cc2[nH]1. The number of aromatic nitrogens is 3. The second-order valence-corrected chi connectivity index (χ2v) is 6.47. The van der Waals surface area contributed by atoms with Crippen molar-refractivity contribution in [2.45, 2.75) is 13.8 Å². The van der Waals surface area contributed by atoms with Crippen molar-refractivity contribution in [3.63, 3.8) is 0 Å². The number of carbonyl (C=O) groups is 1. The number of aromatic amines is 1. The van der Waals surface area contributed by atoms with E-state index in [1.807, 2.05) is 6.92 Å². The van der Waals surface area contributed by atoms with Crippen molar-refractivity contribution in [2.75, 3.05) is 5.32 Å². The fourth-order valence-corrected chi connectivity index (χ4v) is 3.20. The third-order valence-corrected chi connectivity index (χ3v) is 4.46. The van der Waals surface area contributed by atoms with Crippen molar-refractivity contribution in [1.29, 1.82) is 0 Å². The van der Waals surface area contributed by atoms with Crippen LogP contribution >= 0.6 is 11.6 Å². The molecule has 0 saturated carbocycles. The average molecular weight is 385 g/mol. The number of carbonyl (C=O) groups excluding carboxylic acids is 1. The van der Waals surface area contributed by atoms with Crippen molar-refractivity contribution < 1.29 is 13.7 Å². The molecule has 0 fully saturated rings. The van der Waals surface area contributed by atoms with Crippen LogP contribution in [0.25, 0.3) is 22.3 Å². The summed E-state index contributed by atoms with van der Waals surface area (Å²) in [7, 11) is 0. The highest BCUT2D eigenvalue weighted by molar-refractivity contribution is 6.33. The van der Waals surface area contributed by atoms with E-state index in [0.717, 1.165) is 16.9 Å². The number of imidazole rings is 1. The number of H-pyrrole nitrogens is 1. The Hall–Kier alpha value is -3.19. The first kappa shape index (κ1) is 17.2. The van der Waals surface area contributed by atoms with Crippen molar-refractivity contribution in [1.82, 2.24) is 15.1 Å². The van der Waals surface area contributed by atoms with Crippen LogP contribution in [-0.2, 0) is 0 Å². The van der Waals surface area contributed by atoms with Gasteiger partial charge >= 0.3 is 0 Å². The second kappa shape index (κ2) is 6.51. The van der Waals surface area contributed by atoms with Crippen LogP contribution in [-0.4, -0.2) is 21.0 Å². The normalized spacial score (nSPS) is 11.1. The van der Waals surface area contributed by atoms with E-state index in [1.165, 1.54) is 18.2 Å². The molecule has 0 aliphatic heterocycles. The summed E-state index contributed by atoms with van der Waals surface area (Å²) in [4.78, 5) is 20.3. The molecule has 0 unspecified atom stereocenters.